The second-order valence-corrected chi connectivity index (χ2v) is 6.35. The van der Waals surface area contributed by atoms with Gasteiger partial charge in [-0.05, 0) is 13.8 Å². The van der Waals surface area contributed by atoms with Crippen LogP contribution in [0.4, 0.5) is 5.00 Å². The van der Waals surface area contributed by atoms with E-state index in [-0.39, 0.29) is 0 Å². The maximum Gasteiger partial charge on any atom is 0.111 e. The average Bonchev–Trinajstić information content (AvgIpc) is 2.78. The lowest BCUT2D eigenvalue weighted by Gasteiger charge is -2.37. The van der Waals surface area contributed by atoms with Crippen molar-refractivity contribution >= 4 is 16.3 Å². The molecule has 0 aromatic carbocycles. The number of aromatic nitrogens is 1. The van der Waals surface area contributed by atoms with Crippen molar-refractivity contribution in [1.82, 2.24) is 9.88 Å². The predicted octanol–water partition coefficient (Wildman–Crippen LogP) is 2.80. The summed E-state index contributed by atoms with van der Waals surface area (Å²) in [5, 5.41) is 2.60. The van der Waals surface area contributed by atoms with E-state index in [0.29, 0.717) is 12.0 Å². The highest BCUT2D eigenvalue weighted by atomic mass is 32.1. The summed E-state index contributed by atoms with van der Waals surface area (Å²) in [5.74, 6) is 0.547. The van der Waals surface area contributed by atoms with Gasteiger partial charge < -0.3 is 4.90 Å². The molecule has 1 aliphatic heterocycles. The summed E-state index contributed by atoms with van der Waals surface area (Å²) in [5.41, 5.74) is 0. The lowest BCUT2D eigenvalue weighted by Crippen LogP contribution is -2.48. The largest absolute Gasteiger partial charge is 0.360 e. The van der Waals surface area contributed by atoms with Crippen molar-refractivity contribution in [3.63, 3.8) is 0 Å². The molecule has 0 unspecified atom stereocenters. The molecule has 0 bridgehead atoms. The summed E-state index contributed by atoms with van der Waals surface area (Å²) in [4.78, 5) is 9.53. The highest BCUT2D eigenvalue weighted by Crippen LogP contribution is 2.28. The van der Waals surface area contributed by atoms with Crippen LogP contribution in [0, 0.1) is 0 Å². The lowest BCUT2D eigenvalue weighted by atomic mass is 10.2. The summed E-state index contributed by atoms with van der Waals surface area (Å²) in [7, 11) is 0. The van der Waals surface area contributed by atoms with Crippen LogP contribution in [0.5, 0.6) is 0 Å². The number of hydrogen-bond acceptors (Lipinski definition) is 4. The van der Waals surface area contributed by atoms with Crippen molar-refractivity contribution in [3.05, 3.63) is 11.2 Å². The van der Waals surface area contributed by atoms with Crippen LogP contribution in [0.15, 0.2) is 6.20 Å². The van der Waals surface area contributed by atoms with E-state index in [4.69, 9.17) is 0 Å². The first-order valence-electron chi connectivity index (χ1n) is 6.52. The fourth-order valence-electron chi connectivity index (χ4n) is 2.15. The van der Waals surface area contributed by atoms with Crippen molar-refractivity contribution in [2.24, 2.45) is 0 Å². The number of hydrogen-bond donors (Lipinski definition) is 0. The Hall–Kier alpha value is -0.610. The first-order chi connectivity index (χ1) is 8.08. The van der Waals surface area contributed by atoms with Gasteiger partial charge in [-0.3, -0.25) is 4.90 Å². The molecule has 0 radical (unpaired) electrons. The van der Waals surface area contributed by atoms with Crippen LogP contribution >= 0.6 is 11.3 Å². The van der Waals surface area contributed by atoms with Gasteiger partial charge in [0.2, 0.25) is 0 Å². The number of nitrogens with zero attached hydrogens (tertiary/aromatic N) is 3. The Morgan fingerprint density at radius 3 is 2.24 bits per heavy atom. The molecule has 0 N–H and O–H groups in total. The van der Waals surface area contributed by atoms with Gasteiger partial charge in [0.15, 0.2) is 0 Å². The summed E-state index contributed by atoms with van der Waals surface area (Å²) >= 11 is 1.85. The van der Waals surface area contributed by atoms with Crippen LogP contribution in [-0.2, 0) is 0 Å². The first-order valence-corrected chi connectivity index (χ1v) is 7.34. The minimum atomic E-state index is 0.547. The Kier molecular flexibility index (Phi) is 4.05. The van der Waals surface area contributed by atoms with Gasteiger partial charge in [0.1, 0.15) is 5.00 Å². The maximum atomic E-state index is 4.51. The zero-order valence-electron chi connectivity index (χ0n) is 11.3. The van der Waals surface area contributed by atoms with Crippen molar-refractivity contribution in [3.8, 4) is 0 Å². The molecule has 0 aliphatic carbocycles. The zero-order chi connectivity index (χ0) is 12.4. The van der Waals surface area contributed by atoms with Gasteiger partial charge in [0.25, 0.3) is 0 Å². The predicted molar refractivity (Wildman–Crippen MR) is 75.1 cm³/mol. The molecule has 3 nitrogen and oxygen atoms in total. The Morgan fingerprint density at radius 2 is 1.76 bits per heavy atom. The van der Waals surface area contributed by atoms with Gasteiger partial charge in [0.05, 0.1) is 11.2 Å². The average molecular weight is 253 g/mol. The zero-order valence-corrected chi connectivity index (χ0v) is 12.1. The fourth-order valence-corrected chi connectivity index (χ4v) is 3.12. The molecule has 1 aromatic rings. The van der Waals surface area contributed by atoms with Crippen LogP contribution in [0.3, 0.4) is 0 Å². The Balaban J connectivity index is 1.96. The minimum absolute atomic E-state index is 0.547. The number of thiazole rings is 1. The van der Waals surface area contributed by atoms with Crippen LogP contribution < -0.4 is 4.90 Å². The second kappa shape index (κ2) is 5.36. The van der Waals surface area contributed by atoms with E-state index >= 15 is 0 Å². The van der Waals surface area contributed by atoms with E-state index in [2.05, 4.69) is 42.5 Å². The van der Waals surface area contributed by atoms with Crippen LogP contribution in [0.25, 0.3) is 0 Å². The smallest absolute Gasteiger partial charge is 0.111 e. The maximum absolute atomic E-state index is 4.51. The SMILES string of the molecule is CC(C)c1ncc(N2CCN(C(C)C)CC2)s1. The Labute approximate surface area is 108 Å². The Bertz CT molecular complexity index is 351. The van der Waals surface area contributed by atoms with E-state index in [1.165, 1.54) is 23.1 Å². The third kappa shape index (κ3) is 2.99. The molecule has 0 atom stereocenters. The highest BCUT2D eigenvalue weighted by molar-refractivity contribution is 7.15. The molecule has 0 saturated carbocycles. The summed E-state index contributed by atoms with van der Waals surface area (Å²) < 4.78 is 0. The van der Waals surface area contributed by atoms with Gasteiger partial charge in [0, 0.05) is 38.1 Å². The van der Waals surface area contributed by atoms with E-state index in [9.17, 15) is 0 Å². The molecule has 1 aromatic heterocycles. The van der Waals surface area contributed by atoms with Crippen LogP contribution in [0.1, 0.15) is 38.6 Å². The first kappa shape index (κ1) is 12.8. The van der Waals surface area contributed by atoms with Crippen LogP contribution in [0.2, 0.25) is 0 Å². The molecule has 1 aliphatic rings. The summed E-state index contributed by atoms with van der Waals surface area (Å²) in [6, 6.07) is 0.671. The second-order valence-electron chi connectivity index (χ2n) is 5.31. The third-order valence-corrected chi connectivity index (χ3v) is 4.72. The summed E-state index contributed by atoms with van der Waals surface area (Å²) in [6.45, 7) is 13.6. The molecular weight excluding hydrogens is 230 g/mol. The summed E-state index contributed by atoms with van der Waals surface area (Å²) in [6.07, 6.45) is 2.05. The molecule has 2 rings (SSSR count). The number of rotatable bonds is 3. The van der Waals surface area contributed by atoms with Gasteiger partial charge in [-0.2, -0.15) is 0 Å². The van der Waals surface area contributed by atoms with E-state index < -0.39 is 0 Å². The molecular formula is C13H23N3S. The van der Waals surface area contributed by atoms with Gasteiger partial charge >= 0.3 is 0 Å². The van der Waals surface area contributed by atoms with Crippen molar-refractivity contribution in [1.29, 1.82) is 0 Å². The van der Waals surface area contributed by atoms with Crippen molar-refractivity contribution < 1.29 is 0 Å². The molecule has 17 heavy (non-hydrogen) atoms. The monoisotopic (exact) mass is 253 g/mol. The van der Waals surface area contributed by atoms with E-state index in [1.807, 2.05) is 17.5 Å². The van der Waals surface area contributed by atoms with E-state index in [1.54, 1.807) is 0 Å². The fraction of sp³-hybridized carbons (Fsp3) is 0.769. The molecule has 4 heteroatoms. The van der Waals surface area contributed by atoms with Gasteiger partial charge in [-0.15, -0.1) is 11.3 Å². The third-order valence-electron chi connectivity index (χ3n) is 3.36. The standard InChI is InChI=1S/C13H23N3S/c1-10(2)13-14-9-12(17-13)16-7-5-15(6-8-16)11(3)4/h9-11H,5-8H2,1-4H3. The molecule has 2 heterocycles. The van der Waals surface area contributed by atoms with Crippen LogP contribution in [-0.4, -0.2) is 42.1 Å². The van der Waals surface area contributed by atoms with Gasteiger partial charge in [-0.1, -0.05) is 13.8 Å². The molecule has 1 fully saturated rings. The molecule has 96 valence electrons. The minimum Gasteiger partial charge on any atom is -0.360 e. The lowest BCUT2D eigenvalue weighted by molar-refractivity contribution is 0.209. The topological polar surface area (TPSA) is 19.4 Å². The Morgan fingerprint density at radius 1 is 1.12 bits per heavy atom. The van der Waals surface area contributed by atoms with Crippen molar-refractivity contribution in [2.75, 3.05) is 31.1 Å². The quantitative estimate of drug-likeness (QED) is 0.826. The molecule has 1 saturated heterocycles. The van der Waals surface area contributed by atoms with E-state index in [0.717, 1.165) is 13.1 Å². The van der Waals surface area contributed by atoms with Gasteiger partial charge in [-0.25, -0.2) is 4.98 Å². The molecule has 0 amide bonds. The highest BCUT2D eigenvalue weighted by Gasteiger charge is 2.20. The number of anilines is 1. The molecule has 0 spiro atoms. The number of piperazine rings is 1. The normalized spacial score (nSPS) is 18.4. The van der Waals surface area contributed by atoms with Crippen molar-refractivity contribution in [2.45, 2.75) is 39.7 Å².